The number of nitro groups is 2. The third-order valence-corrected chi connectivity index (χ3v) is 7.80. The Labute approximate surface area is 242 Å². The van der Waals surface area contributed by atoms with E-state index in [9.17, 15) is 29.8 Å². The maximum absolute atomic E-state index is 12.8. The molecule has 3 aromatic rings. The van der Waals surface area contributed by atoms with E-state index in [0.29, 0.717) is 36.0 Å². The Kier molecular flexibility index (Phi) is 8.82. The van der Waals surface area contributed by atoms with Crippen molar-refractivity contribution in [1.29, 1.82) is 0 Å². The molecule has 0 radical (unpaired) electrons. The summed E-state index contributed by atoms with van der Waals surface area (Å²) in [4.78, 5) is 53.4. The number of amides is 2. The molecule has 1 saturated carbocycles. The molecule has 2 fully saturated rings. The molecule has 2 N–H and O–H groups in total. The van der Waals surface area contributed by atoms with Gasteiger partial charge in [0.2, 0.25) is 5.91 Å². The number of non-ortho nitro benzene ring substituents is 1. The van der Waals surface area contributed by atoms with E-state index in [4.69, 9.17) is 0 Å². The first-order chi connectivity index (χ1) is 20.3. The number of piperidine rings is 1. The number of nitrogens with one attached hydrogen (secondary N) is 2. The topological polar surface area (TPSA) is 161 Å². The number of rotatable bonds is 11. The van der Waals surface area contributed by atoms with Crippen molar-refractivity contribution in [3.63, 3.8) is 0 Å². The number of benzene rings is 2. The van der Waals surface area contributed by atoms with Gasteiger partial charge in [0.1, 0.15) is 5.82 Å². The molecule has 0 spiro atoms. The number of hydrogen-bond acceptors (Lipinski definition) is 8. The van der Waals surface area contributed by atoms with Crippen molar-refractivity contribution in [2.24, 2.45) is 11.8 Å². The van der Waals surface area contributed by atoms with Gasteiger partial charge in [-0.1, -0.05) is 12.1 Å². The maximum atomic E-state index is 12.8. The van der Waals surface area contributed by atoms with E-state index in [-0.39, 0.29) is 39.6 Å². The van der Waals surface area contributed by atoms with Crippen molar-refractivity contribution in [3.8, 4) is 11.1 Å². The van der Waals surface area contributed by atoms with E-state index in [1.807, 2.05) is 6.07 Å². The second-order valence-corrected chi connectivity index (χ2v) is 10.9. The van der Waals surface area contributed by atoms with Gasteiger partial charge in [0, 0.05) is 49.0 Å². The molecule has 1 aliphatic carbocycles. The molecule has 42 heavy (non-hydrogen) atoms. The van der Waals surface area contributed by atoms with Gasteiger partial charge in [-0.25, -0.2) is 4.98 Å². The lowest BCUT2D eigenvalue weighted by Gasteiger charge is -2.32. The lowest BCUT2D eigenvalue weighted by atomic mass is 9.93. The van der Waals surface area contributed by atoms with Gasteiger partial charge in [-0.15, -0.1) is 0 Å². The van der Waals surface area contributed by atoms with Crippen LogP contribution >= 0.6 is 0 Å². The molecule has 2 heterocycles. The molecule has 5 rings (SSSR count). The Balaban J connectivity index is 1.13. The van der Waals surface area contributed by atoms with Crippen LogP contribution in [0.4, 0.5) is 17.2 Å². The lowest BCUT2D eigenvalue weighted by molar-refractivity contribution is -0.385. The second-order valence-electron chi connectivity index (χ2n) is 10.9. The monoisotopic (exact) mass is 572 g/mol. The summed E-state index contributed by atoms with van der Waals surface area (Å²) in [5, 5.41) is 28.6. The summed E-state index contributed by atoms with van der Waals surface area (Å²) in [7, 11) is 0. The zero-order chi connectivity index (χ0) is 29.6. The molecule has 218 valence electrons. The maximum Gasteiger partial charge on any atom is 0.277 e. The fourth-order valence-corrected chi connectivity index (χ4v) is 5.26. The molecule has 12 nitrogen and oxygen atoms in total. The number of aromatic nitrogens is 1. The van der Waals surface area contributed by atoms with Gasteiger partial charge in [0.05, 0.1) is 15.4 Å². The Morgan fingerprint density at radius 1 is 0.952 bits per heavy atom. The summed E-state index contributed by atoms with van der Waals surface area (Å²) in [6.45, 7) is 2.86. The Hall–Kier alpha value is -4.71. The number of nitro benzene ring substituents is 2. The van der Waals surface area contributed by atoms with Gasteiger partial charge in [0.25, 0.3) is 17.3 Å². The van der Waals surface area contributed by atoms with Gasteiger partial charge in [0.15, 0.2) is 0 Å². The second kappa shape index (κ2) is 12.9. The van der Waals surface area contributed by atoms with Crippen molar-refractivity contribution in [2.45, 2.75) is 38.6 Å². The van der Waals surface area contributed by atoms with Gasteiger partial charge < -0.3 is 10.6 Å². The number of hydrogen-bond donors (Lipinski definition) is 2. The molecular weight excluding hydrogens is 540 g/mol. The Morgan fingerprint density at radius 2 is 1.74 bits per heavy atom. The average Bonchev–Trinajstić information content (AvgIpc) is 3.84. The number of likely N-dealkylation sites (tertiary alicyclic amines) is 1. The van der Waals surface area contributed by atoms with Crippen molar-refractivity contribution in [1.82, 2.24) is 15.2 Å². The van der Waals surface area contributed by atoms with Crippen LogP contribution in [0.2, 0.25) is 0 Å². The Morgan fingerprint density at radius 3 is 2.45 bits per heavy atom. The van der Waals surface area contributed by atoms with E-state index >= 15 is 0 Å². The molecule has 0 unspecified atom stereocenters. The van der Waals surface area contributed by atoms with Crippen molar-refractivity contribution >= 4 is 29.0 Å². The lowest BCUT2D eigenvalue weighted by Crippen LogP contribution is -2.34. The van der Waals surface area contributed by atoms with E-state index in [1.165, 1.54) is 18.3 Å². The SMILES string of the molecule is O=C(NCCC1CCN(Cc2cccc([N+](=O)[O-])c2)CC1)c1ccc(-c2ccnc(NC(=O)C3CC3)c2)c([N+](=O)[O-])c1. The summed E-state index contributed by atoms with van der Waals surface area (Å²) < 4.78 is 0. The predicted molar refractivity (Wildman–Crippen MR) is 156 cm³/mol. The number of carbonyl (C=O) groups is 2. The highest BCUT2D eigenvalue weighted by Gasteiger charge is 2.30. The zero-order valence-electron chi connectivity index (χ0n) is 23.0. The van der Waals surface area contributed by atoms with Gasteiger partial charge in [-0.05, 0) is 86.5 Å². The summed E-state index contributed by atoms with van der Waals surface area (Å²) >= 11 is 0. The van der Waals surface area contributed by atoms with Crippen molar-refractivity contribution < 1.29 is 19.4 Å². The largest absolute Gasteiger partial charge is 0.352 e. The predicted octanol–water partition coefficient (Wildman–Crippen LogP) is 4.95. The molecule has 1 saturated heterocycles. The first kappa shape index (κ1) is 28.8. The molecule has 2 aromatic carbocycles. The number of anilines is 1. The van der Waals surface area contributed by atoms with Crippen LogP contribution in [0.25, 0.3) is 11.1 Å². The van der Waals surface area contributed by atoms with Gasteiger partial charge in [-0.2, -0.15) is 0 Å². The fraction of sp³-hybridized carbons (Fsp3) is 0.367. The van der Waals surface area contributed by atoms with Crippen LogP contribution in [-0.2, 0) is 11.3 Å². The average molecular weight is 573 g/mol. The minimum atomic E-state index is -0.517. The number of carbonyl (C=O) groups excluding carboxylic acids is 2. The van der Waals surface area contributed by atoms with Gasteiger partial charge >= 0.3 is 0 Å². The highest BCUT2D eigenvalue weighted by molar-refractivity contribution is 5.96. The molecular formula is C30H32N6O6. The minimum Gasteiger partial charge on any atom is -0.352 e. The highest BCUT2D eigenvalue weighted by atomic mass is 16.6. The van der Waals surface area contributed by atoms with E-state index < -0.39 is 4.92 Å². The van der Waals surface area contributed by atoms with Crippen LogP contribution in [0.3, 0.4) is 0 Å². The molecule has 2 amide bonds. The molecule has 0 atom stereocenters. The standard InChI is InChI=1S/C30H32N6O6/c37-29(32-12-8-20-10-14-34(15-11-20)19-21-2-1-3-25(16-21)35(39)40)24-6-7-26(27(17-24)36(41)42)23-9-13-31-28(18-23)33-30(38)22-4-5-22/h1-3,6-7,9,13,16-18,20,22H,4-5,8,10-12,14-15,19H2,(H,32,37)(H,31,33,38). The van der Waals surface area contributed by atoms with Crippen LogP contribution in [0.5, 0.6) is 0 Å². The van der Waals surface area contributed by atoms with Crippen LogP contribution in [-0.4, -0.2) is 51.2 Å². The van der Waals surface area contributed by atoms with E-state index in [1.54, 1.807) is 36.4 Å². The molecule has 12 heteroatoms. The summed E-state index contributed by atoms with van der Waals surface area (Å²) in [6.07, 6.45) is 5.90. The molecule has 1 aliphatic heterocycles. The van der Waals surface area contributed by atoms with Crippen LogP contribution in [0.15, 0.2) is 60.8 Å². The van der Waals surface area contributed by atoms with Crippen LogP contribution < -0.4 is 10.6 Å². The first-order valence-corrected chi connectivity index (χ1v) is 14.1. The summed E-state index contributed by atoms with van der Waals surface area (Å²) in [5.41, 5.74) is 1.86. The quantitative estimate of drug-likeness (QED) is 0.241. The van der Waals surface area contributed by atoms with E-state index in [0.717, 1.165) is 50.8 Å². The molecule has 0 bridgehead atoms. The van der Waals surface area contributed by atoms with Crippen LogP contribution in [0.1, 0.15) is 48.0 Å². The van der Waals surface area contributed by atoms with Crippen molar-refractivity contribution in [3.05, 3.63) is 92.1 Å². The number of pyridine rings is 1. The zero-order valence-corrected chi connectivity index (χ0v) is 23.0. The van der Waals surface area contributed by atoms with Crippen LogP contribution in [0, 0.1) is 32.1 Å². The summed E-state index contributed by atoms with van der Waals surface area (Å²) in [6, 6.07) is 14.3. The first-order valence-electron chi connectivity index (χ1n) is 14.1. The third-order valence-electron chi connectivity index (χ3n) is 7.80. The fourth-order valence-electron chi connectivity index (χ4n) is 5.26. The Bertz CT molecular complexity index is 1500. The highest BCUT2D eigenvalue weighted by Crippen LogP contribution is 2.33. The van der Waals surface area contributed by atoms with Crippen molar-refractivity contribution in [2.75, 3.05) is 25.0 Å². The minimum absolute atomic E-state index is 0.00293. The number of nitrogens with zero attached hydrogens (tertiary/aromatic N) is 4. The molecule has 2 aliphatic rings. The molecule has 1 aromatic heterocycles. The third kappa shape index (κ3) is 7.32. The van der Waals surface area contributed by atoms with E-state index in [2.05, 4.69) is 20.5 Å². The normalized spacial score (nSPS) is 15.6. The smallest absolute Gasteiger partial charge is 0.277 e. The summed E-state index contributed by atoms with van der Waals surface area (Å²) in [5.74, 6) is 0.287. The van der Waals surface area contributed by atoms with Gasteiger partial charge in [-0.3, -0.25) is 34.7 Å².